The highest BCUT2D eigenvalue weighted by Gasteiger charge is 2.38. The van der Waals surface area contributed by atoms with E-state index in [9.17, 15) is 9.90 Å². The van der Waals surface area contributed by atoms with Crippen LogP contribution in [0.4, 0.5) is 5.69 Å². The summed E-state index contributed by atoms with van der Waals surface area (Å²) < 4.78 is 0. The van der Waals surface area contributed by atoms with Crippen molar-refractivity contribution in [3.8, 4) is 0 Å². The number of likely N-dealkylation sites (N-methyl/N-ethyl adjacent to an activating group) is 1. The van der Waals surface area contributed by atoms with Crippen LogP contribution < -0.4 is 10.6 Å². The summed E-state index contributed by atoms with van der Waals surface area (Å²) in [6, 6.07) is 17.1. The lowest BCUT2D eigenvalue weighted by molar-refractivity contribution is -0.128. The van der Waals surface area contributed by atoms with Crippen LogP contribution in [0, 0.1) is 5.92 Å². The van der Waals surface area contributed by atoms with Crippen LogP contribution in [0.5, 0.6) is 0 Å². The standard InChI is InChI=1S/C27H35N3O2/c1-4-6-15-21(23(31)18-7-5-2)26(32)25-27(28)30(3)22-17-12-11-16-20(22)24(29-25)19-13-9-8-10-14-19/h4,8-14,16-17,21,23,25,27,31H,1,5-7,15,18,28H2,2-3H3/t21?,23?,25-,27?/m1/s1. The topological polar surface area (TPSA) is 78.9 Å². The number of Topliss-reactive ketones (excluding diaryl/α,β-unsaturated/α-hetero) is 1. The Morgan fingerprint density at radius 1 is 1.19 bits per heavy atom. The number of benzodiazepines with no additional fused rings is 1. The second-order valence-electron chi connectivity index (χ2n) is 8.49. The van der Waals surface area contributed by atoms with Gasteiger partial charge in [-0.2, -0.15) is 0 Å². The van der Waals surface area contributed by atoms with Gasteiger partial charge in [0.05, 0.1) is 11.8 Å². The number of aliphatic hydroxyl groups excluding tert-OH is 1. The lowest BCUT2D eigenvalue weighted by atomic mass is 9.85. The summed E-state index contributed by atoms with van der Waals surface area (Å²) in [6.07, 6.45) is 4.10. The molecule has 4 atom stereocenters. The largest absolute Gasteiger partial charge is 0.392 e. The Kier molecular flexibility index (Phi) is 8.37. The van der Waals surface area contributed by atoms with Crippen LogP contribution in [0.2, 0.25) is 0 Å². The van der Waals surface area contributed by atoms with Crippen LogP contribution in [0.25, 0.3) is 0 Å². The third-order valence-electron chi connectivity index (χ3n) is 6.28. The Morgan fingerprint density at radius 2 is 1.88 bits per heavy atom. The molecule has 170 valence electrons. The van der Waals surface area contributed by atoms with Gasteiger partial charge >= 0.3 is 0 Å². The molecule has 0 aliphatic carbocycles. The number of fused-ring (bicyclic) bond motifs is 1. The molecule has 0 aromatic heterocycles. The lowest BCUT2D eigenvalue weighted by Crippen LogP contribution is -2.53. The first-order valence-electron chi connectivity index (χ1n) is 11.5. The molecule has 1 heterocycles. The zero-order chi connectivity index (χ0) is 23.1. The second-order valence-corrected chi connectivity index (χ2v) is 8.49. The van der Waals surface area contributed by atoms with Crippen molar-refractivity contribution in [3.05, 3.63) is 78.4 Å². The Morgan fingerprint density at radius 3 is 2.56 bits per heavy atom. The van der Waals surface area contributed by atoms with E-state index in [1.165, 1.54) is 0 Å². The number of hydrogen-bond acceptors (Lipinski definition) is 5. The van der Waals surface area contributed by atoms with Gasteiger partial charge in [-0.1, -0.05) is 74.4 Å². The maximum Gasteiger partial charge on any atom is 0.166 e. The molecule has 5 heteroatoms. The van der Waals surface area contributed by atoms with E-state index in [2.05, 4.69) is 13.5 Å². The molecule has 0 saturated carbocycles. The minimum absolute atomic E-state index is 0.101. The molecule has 1 aliphatic rings. The number of nitrogens with two attached hydrogens (primary N) is 1. The molecule has 0 bridgehead atoms. The Balaban J connectivity index is 2.07. The van der Waals surface area contributed by atoms with E-state index < -0.39 is 24.2 Å². The number of carbonyl (C=O) groups is 1. The molecule has 1 aliphatic heterocycles. The van der Waals surface area contributed by atoms with Crippen LogP contribution >= 0.6 is 0 Å². The molecule has 0 spiro atoms. The molecule has 0 saturated heterocycles. The maximum atomic E-state index is 13.8. The van der Waals surface area contributed by atoms with Crippen LogP contribution in [0.1, 0.15) is 50.2 Å². The van der Waals surface area contributed by atoms with E-state index in [-0.39, 0.29) is 5.78 Å². The number of hydrogen-bond donors (Lipinski definition) is 2. The van der Waals surface area contributed by atoms with Crippen molar-refractivity contribution in [1.82, 2.24) is 0 Å². The predicted molar refractivity (Wildman–Crippen MR) is 132 cm³/mol. The van der Waals surface area contributed by atoms with Gasteiger partial charge in [0.15, 0.2) is 5.78 Å². The number of benzene rings is 2. The number of allylic oxidation sites excluding steroid dienone is 1. The van der Waals surface area contributed by atoms with Gasteiger partial charge in [0.2, 0.25) is 0 Å². The first-order chi connectivity index (χ1) is 15.5. The number of nitrogens with zero attached hydrogens (tertiary/aromatic N) is 2. The molecule has 0 radical (unpaired) electrons. The van der Waals surface area contributed by atoms with Gasteiger partial charge in [-0.25, -0.2) is 0 Å². The molecule has 32 heavy (non-hydrogen) atoms. The molecule has 0 fully saturated rings. The van der Waals surface area contributed by atoms with Gasteiger partial charge in [0.1, 0.15) is 12.2 Å². The van der Waals surface area contributed by atoms with Gasteiger partial charge in [-0.15, -0.1) is 6.58 Å². The fourth-order valence-electron chi connectivity index (χ4n) is 4.35. The number of carbonyl (C=O) groups excluding carboxylic acids is 1. The highest BCUT2D eigenvalue weighted by Crippen LogP contribution is 2.31. The summed E-state index contributed by atoms with van der Waals surface area (Å²) in [5, 5.41) is 10.9. The minimum Gasteiger partial charge on any atom is -0.392 e. The van der Waals surface area contributed by atoms with E-state index in [0.29, 0.717) is 19.3 Å². The molecule has 2 aromatic carbocycles. The van der Waals surface area contributed by atoms with Gasteiger partial charge in [0, 0.05) is 29.8 Å². The summed E-state index contributed by atoms with van der Waals surface area (Å²) in [6.45, 7) is 5.87. The van der Waals surface area contributed by atoms with Gasteiger partial charge in [-0.3, -0.25) is 9.79 Å². The highest BCUT2D eigenvalue weighted by molar-refractivity contribution is 6.17. The molecule has 3 N–H and O–H groups in total. The summed E-state index contributed by atoms with van der Waals surface area (Å²) >= 11 is 0. The Bertz CT molecular complexity index is 941. The smallest absolute Gasteiger partial charge is 0.166 e. The van der Waals surface area contributed by atoms with E-state index >= 15 is 0 Å². The monoisotopic (exact) mass is 433 g/mol. The fourth-order valence-corrected chi connectivity index (χ4v) is 4.35. The maximum absolute atomic E-state index is 13.8. The zero-order valence-corrected chi connectivity index (χ0v) is 19.2. The highest BCUT2D eigenvalue weighted by atomic mass is 16.3. The third-order valence-corrected chi connectivity index (χ3v) is 6.28. The third kappa shape index (κ3) is 5.17. The van der Waals surface area contributed by atoms with Crippen molar-refractivity contribution in [2.45, 2.75) is 57.3 Å². The molecular weight excluding hydrogens is 398 g/mol. The number of para-hydroxylation sites is 1. The average molecular weight is 434 g/mol. The van der Waals surface area contributed by atoms with E-state index in [1.807, 2.05) is 66.5 Å². The number of aliphatic hydroxyl groups is 1. The molecule has 3 rings (SSSR count). The van der Waals surface area contributed by atoms with Crippen LogP contribution in [0.3, 0.4) is 0 Å². The van der Waals surface area contributed by atoms with E-state index in [1.54, 1.807) is 6.08 Å². The summed E-state index contributed by atoms with van der Waals surface area (Å²) in [4.78, 5) is 20.7. The summed E-state index contributed by atoms with van der Waals surface area (Å²) in [7, 11) is 1.90. The first kappa shape index (κ1) is 23.9. The number of aliphatic imine (C=N–C) groups is 1. The van der Waals surface area contributed by atoms with Crippen molar-refractivity contribution in [2.75, 3.05) is 11.9 Å². The van der Waals surface area contributed by atoms with Crippen LogP contribution in [0.15, 0.2) is 72.2 Å². The summed E-state index contributed by atoms with van der Waals surface area (Å²) in [5.74, 6) is -0.623. The minimum atomic E-state index is -0.784. The van der Waals surface area contributed by atoms with E-state index in [4.69, 9.17) is 10.7 Å². The van der Waals surface area contributed by atoms with Gasteiger partial charge in [0.25, 0.3) is 0 Å². The van der Waals surface area contributed by atoms with Gasteiger partial charge < -0.3 is 15.7 Å². The molecule has 0 amide bonds. The second kappa shape index (κ2) is 11.2. The van der Waals surface area contributed by atoms with Crippen LogP contribution in [-0.4, -0.2) is 42.0 Å². The quantitative estimate of drug-likeness (QED) is 0.547. The first-order valence-corrected chi connectivity index (χ1v) is 11.5. The molecular formula is C27H35N3O2. The number of rotatable bonds is 10. The van der Waals surface area contributed by atoms with E-state index in [0.717, 1.165) is 35.4 Å². The van der Waals surface area contributed by atoms with Gasteiger partial charge in [-0.05, 0) is 25.3 Å². The molecule has 5 nitrogen and oxygen atoms in total. The normalized spacial score (nSPS) is 20.0. The lowest BCUT2D eigenvalue weighted by Gasteiger charge is -2.32. The number of anilines is 1. The zero-order valence-electron chi connectivity index (χ0n) is 19.2. The van der Waals surface area contributed by atoms with Crippen LogP contribution in [-0.2, 0) is 4.79 Å². The number of unbranched alkanes of at least 4 members (excludes halogenated alkanes) is 1. The predicted octanol–water partition coefficient (Wildman–Crippen LogP) is 4.33. The SMILES string of the molecule is C=CCCC(C(=O)[C@H]1N=C(c2ccccc2)c2ccccc2N(C)C1N)C(O)CCCC. The Labute approximate surface area is 191 Å². The molecule has 2 aromatic rings. The summed E-state index contributed by atoms with van der Waals surface area (Å²) in [5.41, 5.74) is 10.2. The Hall–Kier alpha value is -2.76. The fraction of sp³-hybridized carbons (Fsp3) is 0.407. The average Bonchev–Trinajstić information content (AvgIpc) is 2.93. The van der Waals surface area contributed by atoms with Crippen molar-refractivity contribution in [2.24, 2.45) is 16.6 Å². The van der Waals surface area contributed by atoms with Crippen molar-refractivity contribution < 1.29 is 9.90 Å². The van der Waals surface area contributed by atoms with Crippen molar-refractivity contribution >= 4 is 17.2 Å². The number of ketones is 1. The van der Waals surface area contributed by atoms with Crippen molar-refractivity contribution in [1.29, 1.82) is 0 Å². The van der Waals surface area contributed by atoms with Crippen molar-refractivity contribution in [3.63, 3.8) is 0 Å². The molecule has 3 unspecified atom stereocenters.